The Morgan fingerprint density at radius 1 is 0.667 bits per heavy atom. The first-order valence-corrected chi connectivity index (χ1v) is 26.0. The number of rotatable bonds is 24. The molecule has 4 aromatic rings. The standard InChI is InChI=1S/C53H69N3O5S2/c1-7-13-21-42(9-3)40-56(41-43(10-4)22-14-8-2)62(57,58)50-35-36-51(52(37-50)63(59,60)61)53(46-27-31-48(32-28-46)54(11-5)38-44-23-17-15-18-24-44)47-29-33-49(34-30-47)55(12-6)39-45-25-19-16-20-26-45/h15-20,23-37,42-43H,7-14,21-22,38-41H2,1-6H3. The fourth-order valence-corrected chi connectivity index (χ4v) is 10.8. The fourth-order valence-electron chi connectivity index (χ4n) is 8.44. The molecule has 0 amide bonds. The van der Waals surface area contributed by atoms with E-state index in [0.29, 0.717) is 42.9 Å². The fraction of sp³-hybridized carbons (Fsp3) is 0.415. The molecule has 0 N–H and O–H groups in total. The van der Waals surface area contributed by atoms with Crippen LogP contribution in [0.5, 0.6) is 0 Å². The Labute approximate surface area is 379 Å². The minimum atomic E-state index is -5.17. The summed E-state index contributed by atoms with van der Waals surface area (Å²) in [6.07, 6.45) is 15.5. The van der Waals surface area contributed by atoms with Crippen LogP contribution in [0.25, 0.3) is 5.57 Å². The summed E-state index contributed by atoms with van der Waals surface area (Å²) in [4.78, 5) is 1.52. The van der Waals surface area contributed by atoms with E-state index in [1.54, 1.807) is 4.31 Å². The third-order valence-corrected chi connectivity index (χ3v) is 15.1. The van der Waals surface area contributed by atoms with Gasteiger partial charge in [-0.3, -0.25) is 0 Å². The molecule has 0 spiro atoms. The lowest BCUT2D eigenvalue weighted by Gasteiger charge is -2.30. The number of sulfonamides is 1. The first-order chi connectivity index (χ1) is 30.4. The third-order valence-electron chi connectivity index (χ3n) is 12.4. The average Bonchev–Trinajstić information content (AvgIpc) is 3.30. The van der Waals surface area contributed by atoms with Gasteiger partial charge in [-0.1, -0.05) is 145 Å². The maximum absolute atomic E-state index is 14.8. The molecule has 0 aromatic heterocycles. The largest absolute Gasteiger partial charge is 0.744 e. The van der Waals surface area contributed by atoms with Crippen LogP contribution in [0.3, 0.4) is 0 Å². The lowest BCUT2D eigenvalue weighted by Crippen LogP contribution is -2.39. The highest BCUT2D eigenvalue weighted by Gasteiger charge is 2.31. The van der Waals surface area contributed by atoms with Gasteiger partial charge in [0.15, 0.2) is 12.3 Å². The van der Waals surface area contributed by atoms with Crippen LogP contribution in [0.2, 0.25) is 0 Å². The molecule has 10 heteroatoms. The molecule has 0 fully saturated rings. The van der Waals surface area contributed by atoms with Crippen molar-refractivity contribution >= 4 is 37.1 Å². The summed E-state index contributed by atoms with van der Waals surface area (Å²) in [5.74, 6) is 0.313. The van der Waals surface area contributed by atoms with Gasteiger partial charge in [-0.2, -0.15) is 4.31 Å². The molecule has 8 nitrogen and oxygen atoms in total. The van der Waals surface area contributed by atoms with Crippen LogP contribution in [0.4, 0.5) is 5.69 Å². The van der Waals surface area contributed by atoms with Crippen LogP contribution in [-0.4, -0.2) is 62.2 Å². The number of unbranched alkanes of at least 4 members (excludes halogenated alkanes) is 2. The molecule has 338 valence electrons. The molecule has 5 rings (SSSR count). The lowest BCUT2D eigenvalue weighted by atomic mass is 9.90. The second kappa shape index (κ2) is 23.9. The van der Waals surface area contributed by atoms with Gasteiger partial charge in [0.25, 0.3) is 0 Å². The minimum Gasteiger partial charge on any atom is -0.744 e. The first-order valence-electron chi connectivity index (χ1n) is 23.1. The summed E-state index contributed by atoms with van der Waals surface area (Å²) >= 11 is 0. The van der Waals surface area contributed by atoms with E-state index < -0.39 is 25.0 Å². The monoisotopic (exact) mass is 891 g/mol. The van der Waals surface area contributed by atoms with Gasteiger partial charge in [0.2, 0.25) is 10.0 Å². The van der Waals surface area contributed by atoms with E-state index in [1.165, 1.54) is 23.3 Å². The van der Waals surface area contributed by atoms with E-state index >= 15 is 0 Å². The highest BCUT2D eigenvalue weighted by atomic mass is 32.2. The quantitative estimate of drug-likeness (QED) is 0.0513. The van der Waals surface area contributed by atoms with E-state index in [-0.39, 0.29) is 22.3 Å². The summed E-state index contributed by atoms with van der Waals surface area (Å²) in [6, 6.07) is 32.6. The van der Waals surface area contributed by atoms with Gasteiger partial charge >= 0.3 is 0 Å². The van der Waals surface area contributed by atoms with Crippen molar-refractivity contribution in [3.63, 3.8) is 0 Å². The van der Waals surface area contributed by atoms with Crippen LogP contribution in [-0.2, 0) is 33.2 Å². The SMILES string of the molecule is CCCCC(CC)CN(CC(CC)CCCC)S(=O)(=O)c1ccc(C(=C2C=CC(=[N+](CC)Cc3ccccc3)C=C2)c2ccc(N(CC)Cc3ccccc3)cc2)c(S(=O)(=O)[O-])c1. The first kappa shape index (κ1) is 49.4. The van der Waals surface area contributed by atoms with Gasteiger partial charge in [0.05, 0.1) is 9.79 Å². The predicted octanol–water partition coefficient (Wildman–Crippen LogP) is 11.6. The Bertz CT molecular complexity index is 2390. The van der Waals surface area contributed by atoms with E-state index in [9.17, 15) is 21.4 Å². The second-order valence-electron chi connectivity index (χ2n) is 16.7. The summed E-state index contributed by atoms with van der Waals surface area (Å²) in [5.41, 5.74) is 6.43. The molecule has 0 radical (unpaired) electrons. The number of benzene rings is 4. The van der Waals surface area contributed by atoms with Crippen LogP contribution in [0, 0.1) is 11.8 Å². The van der Waals surface area contributed by atoms with Crippen molar-refractivity contribution < 1.29 is 26.0 Å². The predicted molar refractivity (Wildman–Crippen MR) is 260 cm³/mol. The Morgan fingerprint density at radius 3 is 1.71 bits per heavy atom. The number of anilines is 1. The Kier molecular flexibility index (Phi) is 18.7. The minimum absolute atomic E-state index is 0.156. The molecule has 0 saturated heterocycles. The van der Waals surface area contributed by atoms with Crippen molar-refractivity contribution in [1.82, 2.24) is 4.31 Å². The summed E-state index contributed by atoms with van der Waals surface area (Å²) in [6.45, 7) is 16.3. The van der Waals surface area contributed by atoms with Gasteiger partial charge in [-0.15, -0.1) is 0 Å². The van der Waals surface area contributed by atoms with E-state index in [0.717, 1.165) is 81.9 Å². The topological polar surface area (TPSA) is 101 Å². The molecular formula is C53H69N3O5S2. The van der Waals surface area contributed by atoms with Gasteiger partial charge in [0.1, 0.15) is 16.7 Å². The number of hydrogen-bond donors (Lipinski definition) is 0. The molecule has 1 aliphatic carbocycles. The van der Waals surface area contributed by atoms with E-state index in [4.69, 9.17) is 0 Å². The number of nitrogens with zero attached hydrogens (tertiary/aromatic N) is 3. The maximum atomic E-state index is 14.8. The Morgan fingerprint density at radius 2 is 1.22 bits per heavy atom. The third kappa shape index (κ3) is 13.5. The van der Waals surface area contributed by atoms with Crippen molar-refractivity contribution in [3.8, 4) is 0 Å². The molecule has 0 saturated carbocycles. The van der Waals surface area contributed by atoms with Crippen molar-refractivity contribution in [3.05, 3.63) is 155 Å². The van der Waals surface area contributed by atoms with Crippen molar-refractivity contribution in [2.45, 2.75) is 116 Å². The zero-order valence-electron chi connectivity index (χ0n) is 38.4. The summed E-state index contributed by atoms with van der Waals surface area (Å²) < 4.78 is 73.9. The normalized spacial score (nSPS) is 14.0. The Balaban J connectivity index is 1.65. The highest BCUT2D eigenvalue weighted by Crippen LogP contribution is 2.37. The molecule has 2 unspecified atom stereocenters. The number of allylic oxidation sites excluding steroid dienone is 5. The molecule has 0 bridgehead atoms. The van der Waals surface area contributed by atoms with E-state index in [1.807, 2.05) is 85.0 Å². The van der Waals surface area contributed by atoms with Crippen molar-refractivity contribution in [2.75, 3.05) is 31.1 Å². The zero-order chi connectivity index (χ0) is 45.4. The summed E-state index contributed by atoms with van der Waals surface area (Å²) in [5, 5.41) is 0. The van der Waals surface area contributed by atoms with Crippen LogP contribution in [0.1, 0.15) is 115 Å². The molecular weight excluding hydrogens is 823 g/mol. The van der Waals surface area contributed by atoms with Gasteiger partial charge in [-0.25, -0.2) is 21.4 Å². The smallest absolute Gasteiger partial charge is 0.243 e. The molecule has 4 aromatic carbocycles. The zero-order valence-corrected chi connectivity index (χ0v) is 40.0. The van der Waals surface area contributed by atoms with Crippen LogP contribution < -0.4 is 4.90 Å². The van der Waals surface area contributed by atoms with Gasteiger partial charge in [0, 0.05) is 55.1 Å². The molecule has 1 aliphatic rings. The van der Waals surface area contributed by atoms with Crippen molar-refractivity contribution in [2.24, 2.45) is 11.8 Å². The Hall–Kier alpha value is -4.61. The molecule has 63 heavy (non-hydrogen) atoms. The second-order valence-corrected chi connectivity index (χ2v) is 20.0. The molecule has 0 heterocycles. The van der Waals surface area contributed by atoms with Crippen LogP contribution >= 0.6 is 0 Å². The highest BCUT2D eigenvalue weighted by molar-refractivity contribution is 7.89. The lowest BCUT2D eigenvalue weighted by molar-refractivity contribution is -0.539. The summed E-state index contributed by atoms with van der Waals surface area (Å²) in [7, 11) is -9.37. The van der Waals surface area contributed by atoms with Crippen LogP contribution in [0.15, 0.2) is 143 Å². The molecule has 2 atom stereocenters. The van der Waals surface area contributed by atoms with Gasteiger partial charge in [-0.05, 0) is 97.2 Å². The average molecular weight is 892 g/mol. The van der Waals surface area contributed by atoms with E-state index in [2.05, 4.69) is 75.3 Å². The number of hydrogen-bond acceptors (Lipinski definition) is 6. The van der Waals surface area contributed by atoms with Gasteiger partial charge < -0.3 is 9.45 Å². The van der Waals surface area contributed by atoms with Crippen molar-refractivity contribution in [1.29, 1.82) is 0 Å². The maximum Gasteiger partial charge on any atom is 0.243 e. The molecule has 0 aliphatic heterocycles.